The number of alkyl halides is 1. The quantitative estimate of drug-likeness (QED) is 0.558. The van der Waals surface area contributed by atoms with E-state index < -0.39 is 22.7 Å². The number of hydrogen-bond donors (Lipinski definition) is 2. The molecule has 1 aliphatic carbocycles. The van der Waals surface area contributed by atoms with E-state index in [4.69, 9.17) is 5.11 Å². The first kappa shape index (κ1) is 14.4. The summed E-state index contributed by atoms with van der Waals surface area (Å²) in [6, 6.07) is 0. The molecule has 0 aromatic carbocycles. The van der Waals surface area contributed by atoms with Crippen molar-refractivity contribution in [3.8, 4) is 0 Å². The zero-order valence-electron chi connectivity index (χ0n) is 9.15. The molecule has 0 radical (unpaired) electrons. The second-order valence-electron chi connectivity index (χ2n) is 3.74. The number of aliphatic hydroxyl groups is 1. The fourth-order valence-corrected chi connectivity index (χ4v) is 3.10. The number of carbonyl (C=O) groups is 2. The van der Waals surface area contributed by atoms with E-state index in [1.807, 2.05) is 0 Å². The minimum absolute atomic E-state index is 0.0968. The standard InChI is InChI=1S/C10H11Br2NO4/c1-13(2)3-4-8(14)6(11)5(10(16)17)7(12)9(4)15/h3,6,9,15H,1-2H3,(H,16,17). The average molecular weight is 369 g/mol. The Bertz CT molecular complexity index is 428. The maximum atomic E-state index is 11.9. The average Bonchev–Trinajstić information content (AvgIpc) is 2.21. The zero-order chi connectivity index (χ0) is 13.3. The lowest BCUT2D eigenvalue weighted by atomic mass is 9.91. The summed E-state index contributed by atoms with van der Waals surface area (Å²) in [6.07, 6.45) is 0.228. The lowest BCUT2D eigenvalue weighted by molar-refractivity contribution is -0.133. The van der Waals surface area contributed by atoms with E-state index in [0.29, 0.717) is 0 Å². The number of aliphatic hydroxyl groups excluding tert-OH is 1. The molecule has 0 bridgehead atoms. The van der Waals surface area contributed by atoms with Crippen molar-refractivity contribution >= 4 is 43.6 Å². The van der Waals surface area contributed by atoms with Crippen molar-refractivity contribution in [3.05, 3.63) is 21.8 Å². The third-order valence-corrected chi connectivity index (χ3v) is 3.92. The summed E-state index contributed by atoms with van der Waals surface area (Å²) in [4.78, 5) is 23.6. The Kier molecular flexibility index (Phi) is 4.51. The number of nitrogens with zero attached hydrogens (tertiary/aromatic N) is 1. The van der Waals surface area contributed by atoms with Gasteiger partial charge in [0.25, 0.3) is 0 Å². The molecule has 7 heteroatoms. The summed E-state index contributed by atoms with van der Waals surface area (Å²) >= 11 is 6.06. The first-order valence-electron chi connectivity index (χ1n) is 4.64. The second-order valence-corrected chi connectivity index (χ2v) is 5.51. The Hall–Kier alpha value is -0.660. The van der Waals surface area contributed by atoms with Crippen LogP contribution in [0.25, 0.3) is 0 Å². The molecule has 0 aromatic rings. The number of Topliss-reactive ketones (excluding diaryl/α,β-unsaturated/α-hetero) is 1. The molecular formula is C10H11Br2NO4. The molecule has 5 nitrogen and oxygen atoms in total. The fraction of sp³-hybridized carbons (Fsp3) is 0.400. The van der Waals surface area contributed by atoms with Crippen LogP contribution >= 0.6 is 31.9 Å². The Morgan fingerprint density at radius 1 is 1.47 bits per heavy atom. The number of carboxylic acid groups (broad SMARTS) is 1. The highest BCUT2D eigenvalue weighted by Gasteiger charge is 2.39. The van der Waals surface area contributed by atoms with Gasteiger partial charge in [0.1, 0.15) is 10.9 Å². The molecular weight excluding hydrogens is 358 g/mol. The number of aliphatic carboxylic acids is 1. The monoisotopic (exact) mass is 367 g/mol. The van der Waals surface area contributed by atoms with Crippen LogP contribution in [0.5, 0.6) is 0 Å². The maximum Gasteiger partial charge on any atom is 0.334 e. The fourth-order valence-electron chi connectivity index (χ4n) is 1.44. The minimum Gasteiger partial charge on any atom is -0.478 e. The van der Waals surface area contributed by atoms with Gasteiger partial charge >= 0.3 is 5.97 Å². The molecule has 0 amide bonds. The Labute approximate surface area is 115 Å². The molecule has 2 unspecified atom stereocenters. The number of ketones is 1. The molecule has 17 heavy (non-hydrogen) atoms. The topological polar surface area (TPSA) is 77.8 Å². The number of carboxylic acids is 1. The molecule has 1 rings (SSSR count). The van der Waals surface area contributed by atoms with Crippen LogP contribution in [-0.2, 0) is 9.59 Å². The zero-order valence-corrected chi connectivity index (χ0v) is 12.3. The van der Waals surface area contributed by atoms with E-state index in [0.717, 1.165) is 0 Å². The van der Waals surface area contributed by atoms with Gasteiger partial charge in [0, 0.05) is 30.4 Å². The molecule has 0 saturated carbocycles. The summed E-state index contributed by atoms with van der Waals surface area (Å²) in [7, 11) is 3.42. The van der Waals surface area contributed by atoms with Crippen LogP contribution in [0.15, 0.2) is 21.8 Å². The van der Waals surface area contributed by atoms with Crippen molar-refractivity contribution in [1.82, 2.24) is 4.90 Å². The van der Waals surface area contributed by atoms with Crippen molar-refractivity contribution in [2.45, 2.75) is 10.9 Å². The van der Waals surface area contributed by atoms with Gasteiger partial charge in [-0.2, -0.15) is 0 Å². The van der Waals surface area contributed by atoms with Crippen LogP contribution in [0.3, 0.4) is 0 Å². The van der Waals surface area contributed by atoms with Crippen molar-refractivity contribution in [2.24, 2.45) is 0 Å². The Morgan fingerprint density at radius 2 is 2.00 bits per heavy atom. The van der Waals surface area contributed by atoms with Crippen LogP contribution in [0.2, 0.25) is 0 Å². The molecule has 1 aliphatic rings. The summed E-state index contributed by atoms with van der Waals surface area (Å²) in [5.41, 5.74) is -0.0212. The largest absolute Gasteiger partial charge is 0.478 e. The van der Waals surface area contributed by atoms with Crippen LogP contribution in [0, 0.1) is 0 Å². The molecule has 2 atom stereocenters. The van der Waals surface area contributed by atoms with Gasteiger partial charge in [0.05, 0.1) is 5.57 Å². The first-order valence-corrected chi connectivity index (χ1v) is 6.35. The predicted molar refractivity (Wildman–Crippen MR) is 69.1 cm³/mol. The predicted octanol–water partition coefficient (Wildman–Crippen LogP) is 0.873. The smallest absolute Gasteiger partial charge is 0.334 e. The Morgan fingerprint density at radius 3 is 2.41 bits per heavy atom. The molecule has 94 valence electrons. The molecule has 2 N–H and O–H groups in total. The minimum atomic E-state index is -1.25. The van der Waals surface area contributed by atoms with E-state index in [1.54, 1.807) is 19.0 Å². The summed E-state index contributed by atoms with van der Waals surface area (Å²) in [5.74, 6) is -1.69. The lowest BCUT2D eigenvalue weighted by Gasteiger charge is -2.26. The number of halogens is 2. The maximum absolute atomic E-state index is 11.9. The van der Waals surface area contributed by atoms with Gasteiger partial charge in [-0.15, -0.1) is 0 Å². The third kappa shape index (κ3) is 2.78. The van der Waals surface area contributed by atoms with Gasteiger partial charge < -0.3 is 15.1 Å². The van der Waals surface area contributed by atoms with Crippen molar-refractivity contribution in [1.29, 1.82) is 0 Å². The van der Waals surface area contributed by atoms with Gasteiger partial charge in [-0.25, -0.2) is 4.79 Å². The molecule has 0 saturated heterocycles. The second kappa shape index (κ2) is 5.32. The number of rotatable bonds is 2. The molecule has 0 aliphatic heterocycles. The summed E-state index contributed by atoms with van der Waals surface area (Å²) in [6.45, 7) is 0. The molecule has 0 heterocycles. The van der Waals surface area contributed by atoms with Gasteiger partial charge in [0.2, 0.25) is 0 Å². The van der Waals surface area contributed by atoms with E-state index in [1.165, 1.54) is 6.20 Å². The summed E-state index contributed by atoms with van der Waals surface area (Å²) < 4.78 is 0.0968. The van der Waals surface area contributed by atoms with Gasteiger partial charge in [-0.05, 0) is 0 Å². The molecule has 0 spiro atoms. The van der Waals surface area contributed by atoms with E-state index >= 15 is 0 Å². The highest BCUT2D eigenvalue weighted by molar-refractivity contribution is 9.12. The lowest BCUT2D eigenvalue weighted by Crippen LogP contribution is -2.36. The highest BCUT2D eigenvalue weighted by Crippen LogP contribution is 2.35. The van der Waals surface area contributed by atoms with Crippen molar-refractivity contribution in [2.75, 3.05) is 14.1 Å². The van der Waals surface area contributed by atoms with Crippen molar-refractivity contribution < 1.29 is 19.8 Å². The molecule has 0 aromatic heterocycles. The first-order chi connectivity index (χ1) is 7.77. The van der Waals surface area contributed by atoms with Gasteiger partial charge in [-0.1, -0.05) is 31.9 Å². The highest BCUT2D eigenvalue weighted by atomic mass is 79.9. The SMILES string of the molecule is CN(C)C=C1C(=O)C(Br)C(C(=O)O)=C(Br)C1O. The normalized spacial score (nSPS) is 27.6. The van der Waals surface area contributed by atoms with E-state index in [2.05, 4.69) is 31.9 Å². The molecule has 0 fully saturated rings. The van der Waals surface area contributed by atoms with E-state index in [9.17, 15) is 14.7 Å². The summed E-state index contributed by atoms with van der Waals surface area (Å²) in [5, 5.41) is 18.9. The van der Waals surface area contributed by atoms with Crippen LogP contribution in [0.1, 0.15) is 0 Å². The Balaban J connectivity index is 3.32. The van der Waals surface area contributed by atoms with Crippen LogP contribution < -0.4 is 0 Å². The third-order valence-electron chi connectivity index (χ3n) is 2.19. The van der Waals surface area contributed by atoms with E-state index in [-0.39, 0.29) is 15.6 Å². The van der Waals surface area contributed by atoms with Crippen LogP contribution in [0.4, 0.5) is 0 Å². The number of carbonyl (C=O) groups excluding carboxylic acids is 1. The van der Waals surface area contributed by atoms with Crippen molar-refractivity contribution in [3.63, 3.8) is 0 Å². The van der Waals surface area contributed by atoms with Crippen LogP contribution in [-0.4, -0.2) is 51.9 Å². The number of hydrogen-bond acceptors (Lipinski definition) is 4. The van der Waals surface area contributed by atoms with Gasteiger partial charge in [0.15, 0.2) is 5.78 Å². The van der Waals surface area contributed by atoms with Gasteiger partial charge in [-0.3, -0.25) is 4.79 Å².